The summed E-state index contributed by atoms with van der Waals surface area (Å²) < 4.78 is 0. The highest BCUT2D eigenvalue weighted by Crippen LogP contribution is 2.30. The lowest BCUT2D eigenvalue weighted by molar-refractivity contribution is 1.13. The normalized spacial score (nSPS) is 14.7. The molecule has 1 aliphatic carbocycles. The molecule has 1 nitrogen and oxygen atoms in total. The maximum atomic E-state index is 2.24. The second-order valence-electron chi connectivity index (χ2n) is 5.01. The van der Waals surface area contributed by atoms with Crippen molar-refractivity contribution in [3.8, 4) is 0 Å². The van der Waals surface area contributed by atoms with Gasteiger partial charge in [0, 0.05) is 19.8 Å². The molecule has 0 bridgehead atoms. The third-order valence-corrected chi connectivity index (χ3v) is 3.45. The number of hydrogen-bond donors (Lipinski definition) is 0. The van der Waals surface area contributed by atoms with Crippen LogP contribution in [0.1, 0.15) is 16.7 Å². The molecule has 0 amide bonds. The average Bonchev–Trinajstić information content (AvgIpc) is 2.83. The molecule has 0 spiro atoms. The van der Waals surface area contributed by atoms with Gasteiger partial charge in [-0.2, -0.15) is 0 Å². The zero-order chi connectivity index (χ0) is 13.2. The maximum Gasteiger partial charge on any atom is 0.0361 e. The Kier molecular flexibility index (Phi) is 2.96. The maximum absolute atomic E-state index is 2.24. The van der Waals surface area contributed by atoms with Crippen molar-refractivity contribution in [3.63, 3.8) is 0 Å². The van der Waals surface area contributed by atoms with Crippen LogP contribution >= 0.6 is 0 Å². The highest BCUT2D eigenvalue weighted by molar-refractivity contribution is 5.97. The molecule has 2 aromatic carbocycles. The van der Waals surface area contributed by atoms with E-state index in [4.69, 9.17) is 0 Å². The van der Waals surface area contributed by atoms with E-state index in [1.165, 1.54) is 28.0 Å². The van der Waals surface area contributed by atoms with Crippen molar-refractivity contribution in [1.29, 1.82) is 0 Å². The number of allylic oxidation sites excluding steroid dienone is 2. The van der Waals surface area contributed by atoms with Gasteiger partial charge < -0.3 is 4.90 Å². The van der Waals surface area contributed by atoms with Gasteiger partial charge in [0.1, 0.15) is 0 Å². The first-order valence-electron chi connectivity index (χ1n) is 6.50. The lowest BCUT2D eigenvalue weighted by Crippen LogP contribution is -2.07. The Hall–Kier alpha value is -2.28. The molecule has 0 aromatic heterocycles. The molecule has 0 radical (unpaired) electrons. The molecular formula is C18H17N. The molecule has 0 fully saturated rings. The first-order valence-corrected chi connectivity index (χ1v) is 6.50. The Morgan fingerprint density at radius 1 is 0.842 bits per heavy atom. The van der Waals surface area contributed by atoms with Crippen molar-refractivity contribution >= 4 is 23.4 Å². The lowest BCUT2D eigenvalue weighted by Gasteiger charge is -2.12. The van der Waals surface area contributed by atoms with Gasteiger partial charge >= 0.3 is 0 Å². The quantitative estimate of drug-likeness (QED) is 0.764. The molecule has 0 atom stereocenters. The summed E-state index contributed by atoms with van der Waals surface area (Å²) in [5.74, 6) is 0. The fraction of sp³-hybridized carbons (Fsp3) is 0.111. The first-order chi connectivity index (χ1) is 9.24. The summed E-state index contributed by atoms with van der Waals surface area (Å²) in [5, 5.41) is 0. The number of anilines is 1. The minimum Gasteiger partial charge on any atom is -0.378 e. The molecule has 19 heavy (non-hydrogen) atoms. The Bertz CT molecular complexity index is 646. The summed E-state index contributed by atoms with van der Waals surface area (Å²) in [6.45, 7) is 0. The zero-order valence-corrected chi connectivity index (χ0v) is 11.3. The van der Waals surface area contributed by atoms with Crippen molar-refractivity contribution in [2.45, 2.75) is 0 Å². The van der Waals surface area contributed by atoms with Gasteiger partial charge in [-0.15, -0.1) is 0 Å². The summed E-state index contributed by atoms with van der Waals surface area (Å²) >= 11 is 0. The van der Waals surface area contributed by atoms with E-state index >= 15 is 0 Å². The fourth-order valence-electron chi connectivity index (χ4n) is 2.35. The van der Waals surface area contributed by atoms with Gasteiger partial charge in [-0.05, 0) is 40.5 Å². The number of fused-ring (bicyclic) bond motifs is 1. The third kappa shape index (κ3) is 2.32. The van der Waals surface area contributed by atoms with Crippen LogP contribution in [0.5, 0.6) is 0 Å². The molecule has 0 saturated heterocycles. The predicted molar refractivity (Wildman–Crippen MR) is 84.1 cm³/mol. The smallest absolute Gasteiger partial charge is 0.0361 e. The summed E-state index contributed by atoms with van der Waals surface area (Å²) in [7, 11) is 4.12. The first kappa shape index (κ1) is 11.8. The van der Waals surface area contributed by atoms with Gasteiger partial charge in [0.2, 0.25) is 0 Å². The standard InChI is InChI=1S/C18H17N/c1-19(2)17-11-7-14(8-12-17)13-16-10-9-15-5-3-4-6-18(15)16/h3-13H,1-2H3/b16-13+. The second kappa shape index (κ2) is 4.77. The zero-order valence-electron chi connectivity index (χ0n) is 11.3. The topological polar surface area (TPSA) is 3.24 Å². The van der Waals surface area contributed by atoms with E-state index in [2.05, 4.69) is 85.8 Å². The molecule has 0 N–H and O–H groups in total. The molecule has 0 aliphatic heterocycles. The monoisotopic (exact) mass is 247 g/mol. The van der Waals surface area contributed by atoms with Crippen molar-refractivity contribution in [2.75, 3.05) is 19.0 Å². The van der Waals surface area contributed by atoms with Crippen LogP contribution in [-0.2, 0) is 0 Å². The Labute approximate surface area is 114 Å². The van der Waals surface area contributed by atoms with Crippen molar-refractivity contribution in [3.05, 3.63) is 71.3 Å². The van der Waals surface area contributed by atoms with Crippen molar-refractivity contribution in [1.82, 2.24) is 0 Å². The summed E-state index contributed by atoms with van der Waals surface area (Å²) in [6, 6.07) is 17.1. The van der Waals surface area contributed by atoms with Gasteiger partial charge in [0.05, 0.1) is 0 Å². The molecule has 1 heteroatoms. The second-order valence-corrected chi connectivity index (χ2v) is 5.01. The van der Waals surface area contributed by atoms with Crippen molar-refractivity contribution in [2.24, 2.45) is 0 Å². The van der Waals surface area contributed by atoms with Gasteiger partial charge in [-0.25, -0.2) is 0 Å². The van der Waals surface area contributed by atoms with E-state index < -0.39 is 0 Å². The number of benzene rings is 2. The Morgan fingerprint density at radius 3 is 2.32 bits per heavy atom. The SMILES string of the molecule is CN(C)c1ccc(/C=C2\C=Cc3ccccc32)cc1. The van der Waals surface area contributed by atoms with Crippen LogP contribution in [0.15, 0.2) is 54.6 Å². The Morgan fingerprint density at radius 2 is 1.58 bits per heavy atom. The van der Waals surface area contributed by atoms with E-state index in [1.807, 2.05) is 0 Å². The molecule has 0 unspecified atom stereocenters. The summed E-state index contributed by atoms with van der Waals surface area (Å²) in [6.07, 6.45) is 6.60. The van der Waals surface area contributed by atoms with Crippen LogP contribution in [-0.4, -0.2) is 14.1 Å². The van der Waals surface area contributed by atoms with Crippen LogP contribution in [0.2, 0.25) is 0 Å². The largest absolute Gasteiger partial charge is 0.378 e. The Balaban J connectivity index is 1.93. The summed E-state index contributed by atoms with van der Waals surface area (Å²) in [5.41, 5.74) is 6.37. The van der Waals surface area contributed by atoms with E-state index in [1.54, 1.807) is 0 Å². The van der Waals surface area contributed by atoms with Gasteiger partial charge in [0.15, 0.2) is 0 Å². The number of nitrogens with zero attached hydrogens (tertiary/aromatic N) is 1. The molecular weight excluding hydrogens is 230 g/mol. The van der Waals surface area contributed by atoms with Gasteiger partial charge in [-0.1, -0.05) is 48.6 Å². The van der Waals surface area contributed by atoms with Crippen LogP contribution in [0, 0.1) is 0 Å². The van der Waals surface area contributed by atoms with Gasteiger partial charge in [0.25, 0.3) is 0 Å². The van der Waals surface area contributed by atoms with Gasteiger partial charge in [-0.3, -0.25) is 0 Å². The van der Waals surface area contributed by atoms with Crippen LogP contribution < -0.4 is 4.90 Å². The molecule has 3 rings (SSSR count). The molecule has 2 aromatic rings. The molecule has 1 aliphatic rings. The van der Waals surface area contributed by atoms with Crippen molar-refractivity contribution < 1.29 is 0 Å². The highest BCUT2D eigenvalue weighted by atomic mass is 15.1. The van der Waals surface area contributed by atoms with Crippen LogP contribution in [0.25, 0.3) is 17.7 Å². The van der Waals surface area contributed by atoms with E-state index in [9.17, 15) is 0 Å². The van der Waals surface area contributed by atoms with E-state index in [0.717, 1.165) is 0 Å². The predicted octanol–water partition coefficient (Wildman–Crippen LogP) is 4.32. The minimum absolute atomic E-state index is 1.23. The highest BCUT2D eigenvalue weighted by Gasteiger charge is 2.08. The molecule has 94 valence electrons. The lowest BCUT2D eigenvalue weighted by atomic mass is 10.0. The van der Waals surface area contributed by atoms with Crippen LogP contribution in [0.4, 0.5) is 5.69 Å². The average molecular weight is 247 g/mol. The third-order valence-electron chi connectivity index (χ3n) is 3.45. The fourth-order valence-corrected chi connectivity index (χ4v) is 2.35. The summed E-state index contributed by atoms with van der Waals surface area (Å²) in [4.78, 5) is 2.11. The minimum atomic E-state index is 1.23. The molecule has 0 saturated carbocycles. The van der Waals surface area contributed by atoms with E-state index in [-0.39, 0.29) is 0 Å². The van der Waals surface area contributed by atoms with Crippen LogP contribution in [0.3, 0.4) is 0 Å². The van der Waals surface area contributed by atoms with E-state index in [0.29, 0.717) is 0 Å². The molecule has 0 heterocycles. The number of rotatable bonds is 2. The number of hydrogen-bond acceptors (Lipinski definition) is 1.